The van der Waals surface area contributed by atoms with E-state index in [4.69, 9.17) is 9.26 Å². The van der Waals surface area contributed by atoms with Crippen LogP contribution in [0.2, 0.25) is 0 Å². The molecule has 7 nitrogen and oxygen atoms in total. The highest BCUT2D eigenvalue weighted by Crippen LogP contribution is 2.33. The van der Waals surface area contributed by atoms with Crippen LogP contribution in [0.4, 0.5) is 0 Å². The molecule has 2 aliphatic rings. The molecule has 0 unspecified atom stereocenters. The zero-order valence-corrected chi connectivity index (χ0v) is 16.0. The van der Waals surface area contributed by atoms with Gasteiger partial charge in [0, 0.05) is 50.8 Å². The summed E-state index contributed by atoms with van der Waals surface area (Å²) >= 11 is 0. The molecule has 4 rings (SSSR count). The highest BCUT2D eigenvalue weighted by Gasteiger charge is 2.38. The predicted molar refractivity (Wildman–Crippen MR) is 98.8 cm³/mol. The van der Waals surface area contributed by atoms with Crippen molar-refractivity contribution in [2.45, 2.75) is 45.3 Å². The maximum atomic E-state index is 13.2. The summed E-state index contributed by atoms with van der Waals surface area (Å²) in [4.78, 5) is 27.8. The van der Waals surface area contributed by atoms with E-state index in [1.807, 2.05) is 32.2 Å². The number of likely N-dealkylation sites (tertiary alicyclic amines) is 1. The second-order valence-corrected chi connectivity index (χ2v) is 7.70. The second-order valence-electron chi connectivity index (χ2n) is 7.70. The lowest BCUT2D eigenvalue weighted by atomic mass is 10.0. The molecule has 2 aromatic heterocycles. The predicted octanol–water partition coefficient (Wildman–Crippen LogP) is 2.12. The quantitative estimate of drug-likeness (QED) is 0.805. The number of rotatable bonds is 5. The zero-order chi connectivity index (χ0) is 19.1. The maximum absolute atomic E-state index is 13.2. The van der Waals surface area contributed by atoms with Crippen molar-refractivity contribution < 1.29 is 14.1 Å². The fraction of sp³-hybridized carbons (Fsp3) is 0.550. The van der Waals surface area contributed by atoms with Gasteiger partial charge >= 0.3 is 0 Å². The van der Waals surface area contributed by atoms with Gasteiger partial charge in [-0.25, -0.2) is 0 Å². The first-order chi connectivity index (χ1) is 13.0. The summed E-state index contributed by atoms with van der Waals surface area (Å²) in [6.07, 6.45) is 4.39. The average Bonchev–Trinajstić information content (AvgIpc) is 3.27. The van der Waals surface area contributed by atoms with Crippen LogP contribution in [0.3, 0.4) is 0 Å². The van der Waals surface area contributed by atoms with Crippen molar-refractivity contribution in [3.8, 4) is 0 Å². The molecule has 3 heterocycles. The lowest BCUT2D eigenvalue weighted by Gasteiger charge is -2.18. The van der Waals surface area contributed by atoms with E-state index < -0.39 is 0 Å². The van der Waals surface area contributed by atoms with E-state index >= 15 is 0 Å². The summed E-state index contributed by atoms with van der Waals surface area (Å²) in [6.45, 7) is 4.72. The van der Waals surface area contributed by atoms with Crippen LogP contribution in [0.1, 0.15) is 46.3 Å². The third kappa shape index (κ3) is 3.43. The largest absolute Gasteiger partial charge is 0.379 e. The number of amides is 1. The molecule has 7 heteroatoms. The second kappa shape index (κ2) is 6.96. The van der Waals surface area contributed by atoms with Gasteiger partial charge in [0.1, 0.15) is 11.3 Å². The number of pyridine rings is 1. The lowest BCUT2D eigenvalue weighted by Crippen LogP contribution is -2.36. The Bertz CT molecular complexity index is 912. The van der Waals surface area contributed by atoms with Gasteiger partial charge in [0.15, 0.2) is 0 Å². The molecule has 0 aromatic carbocycles. The summed E-state index contributed by atoms with van der Waals surface area (Å²) in [5.74, 6) is 0.701. The first kappa shape index (κ1) is 18.0. The Labute approximate surface area is 157 Å². The molecule has 1 amide bonds. The fourth-order valence-electron chi connectivity index (χ4n) is 3.94. The van der Waals surface area contributed by atoms with Gasteiger partial charge in [-0.15, -0.1) is 0 Å². The van der Waals surface area contributed by atoms with E-state index in [9.17, 15) is 9.59 Å². The van der Waals surface area contributed by atoms with Crippen molar-refractivity contribution in [3.63, 3.8) is 0 Å². The van der Waals surface area contributed by atoms with Crippen molar-refractivity contribution in [3.05, 3.63) is 51.3 Å². The maximum Gasteiger partial charge on any atom is 0.263 e. The molecule has 1 aliphatic heterocycles. The van der Waals surface area contributed by atoms with E-state index in [1.54, 1.807) is 16.6 Å². The number of ether oxygens (including phenoxy) is 1. The molecule has 0 N–H and O–H groups in total. The molecule has 0 bridgehead atoms. The minimum atomic E-state index is -0.203. The van der Waals surface area contributed by atoms with Gasteiger partial charge in [-0.05, 0) is 38.3 Å². The molecular formula is C20H25N3O4. The van der Waals surface area contributed by atoms with Gasteiger partial charge in [-0.1, -0.05) is 5.16 Å². The normalized spacial score (nSPS) is 22.4. The van der Waals surface area contributed by atoms with Gasteiger partial charge < -0.3 is 18.7 Å². The van der Waals surface area contributed by atoms with Crippen LogP contribution in [0.25, 0.3) is 0 Å². The molecule has 27 heavy (non-hydrogen) atoms. The van der Waals surface area contributed by atoms with Crippen LogP contribution < -0.4 is 5.56 Å². The Morgan fingerprint density at radius 1 is 1.33 bits per heavy atom. The minimum absolute atomic E-state index is 0.0889. The van der Waals surface area contributed by atoms with Gasteiger partial charge in [-0.3, -0.25) is 9.59 Å². The first-order valence-electron chi connectivity index (χ1n) is 9.44. The van der Waals surface area contributed by atoms with Crippen LogP contribution in [0.15, 0.2) is 27.6 Å². The minimum Gasteiger partial charge on any atom is -0.379 e. The van der Waals surface area contributed by atoms with Crippen molar-refractivity contribution in [2.75, 3.05) is 20.2 Å². The van der Waals surface area contributed by atoms with Gasteiger partial charge in [-0.2, -0.15) is 0 Å². The van der Waals surface area contributed by atoms with Gasteiger partial charge in [0.25, 0.3) is 11.5 Å². The van der Waals surface area contributed by atoms with Crippen LogP contribution >= 0.6 is 0 Å². The summed E-state index contributed by atoms with van der Waals surface area (Å²) in [7, 11) is 1.66. The van der Waals surface area contributed by atoms with Gasteiger partial charge in [0.05, 0.1) is 11.8 Å². The van der Waals surface area contributed by atoms with Crippen LogP contribution in [-0.4, -0.2) is 46.8 Å². The molecule has 2 aromatic rings. The number of carbonyl (C=O) groups excluding carboxylic acids is 1. The number of hydrogen-bond acceptors (Lipinski definition) is 5. The Morgan fingerprint density at radius 3 is 2.74 bits per heavy atom. The van der Waals surface area contributed by atoms with Gasteiger partial charge in [0.2, 0.25) is 0 Å². The summed E-state index contributed by atoms with van der Waals surface area (Å²) in [5, 5.41) is 3.93. The van der Waals surface area contributed by atoms with E-state index in [0.717, 1.165) is 29.9 Å². The topological polar surface area (TPSA) is 77.6 Å². The lowest BCUT2D eigenvalue weighted by molar-refractivity contribution is 0.0670. The Hall–Kier alpha value is -2.41. The van der Waals surface area contributed by atoms with Crippen LogP contribution in [0.5, 0.6) is 0 Å². The molecule has 2 fully saturated rings. The van der Waals surface area contributed by atoms with E-state index in [1.165, 1.54) is 0 Å². The van der Waals surface area contributed by atoms with Crippen molar-refractivity contribution >= 4 is 5.91 Å². The third-order valence-electron chi connectivity index (χ3n) is 5.59. The van der Waals surface area contributed by atoms with Crippen LogP contribution in [0, 0.1) is 19.8 Å². The average molecular weight is 371 g/mol. The smallest absolute Gasteiger partial charge is 0.263 e. The monoisotopic (exact) mass is 371 g/mol. The van der Waals surface area contributed by atoms with E-state index in [-0.39, 0.29) is 35.1 Å². The fourth-order valence-corrected chi connectivity index (χ4v) is 3.94. The molecule has 1 aliphatic carbocycles. The van der Waals surface area contributed by atoms with E-state index in [2.05, 4.69) is 5.16 Å². The molecule has 1 saturated heterocycles. The van der Waals surface area contributed by atoms with E-state index in [0.29, 0.717) is 19.5 Å². The number of hydrogen-bond donors (Lipinski definition) is 0. The molecule has 0 radical (unpaired) electrons. The summed E-state index contributed by atoms with van der Waals surface area (Å²) < 4.78 is 12.6. The number of aromatic nitrogens is 2. The molecule has 144 valence electrons. The van der Waals surface area contributed by atoms with Crippen molar-refractivity contribution in [2.24, 2.45) is 5.92 Å². The molecule has 1 saturated carbocycles. The third-order valence-corrected chi connectivity index (χ3v) is 5.59. The molecule has 0 spiro atoms. The SMILES string of the molecule is CO[C@@H]1CN(C(=O)c2c(C)ccn(C3CC3)c2=O)C[C@H]1Cc1cc(C)no1. The standard InChI is InChI=1S/C20H25N3O4/c1-12-6-7-23(15-4-5-15)20(25)18(12)19(24)22-10-14(17(11-22)26-3)9-16-8-13(2)21-27-16/h6-8,14-15,17H,4-5,9-11H2,1-3H3/t14-,17-/m1/s1. The Morgan fingerprint density at radius 2 is 2.11 bits per heavy atom. The number of methoxy groups -OCH3 is 1. The zero-order valence-electron chi connectivity index (χ0n) is 16.0. The molecule has 2 atom stereocenters. The summed E-state index contributed by atoms with van der Waals surface area (Å²) in [6, 6.07) is 4.02. The molecular weight excluding hydrogens is 346 g/mol. The highest BCUT2D eigenvalue weighted by atomic mass is 16.5. The Kier molecular flexibility index (Phi) is 4.63. The first-order valence-corrected chi connectivity index (χ1v) is 9.44. The summed E-state index contributed by atoms with van der Waals surface area (Å²) in [5.41, 5.74) is 1.68. The van der Waals surface area contributed by atoms with Crippen LogP contribution in [-0.2, 0) is 11.2 Å². The number of carbonyl (C=O) groups is 1. The van der Waals surface area contributed by atoms with Crippen molar-refractivity contribution in [1.82, 2.24) is 14.6 Å². The number of aryl methyl sites for hydroxylation is 2. The number of nitrogens with zero attached hydrogens (tertiary/aromatic N) is 3. The van der Waals surface area contributed by atoms with Crippen molar-refractivity contribution in [1.29, 1.82) is 0 Å². The highest BCUT2D eigenvalue weighted by molar-refractivity contribution is 5.95. The Balaban J connectivity index is 1.56.